The number of nitrogens with zero attached hydrogens (tertiary/aromatic N) is 2. The van der Waals surface area contributed by atoms with Crippen molar-refractivity contribution in [2.75, 3.05) is 36.6 Å². The smallest absolute Gasteiger partial charge is 0.183 e. The molecule has 1 fully saturated rings. The summed E-state index contributed by atoms with van der Waals surface area (Å²) in [7, 11) is 2.86. The number of fused-ring (bicyclic) bond motifs is 4. The zero-order chi connectivity index (χ0) is 26.1. The summed E-state index contributed by atoms with van der Waals surface area (Å²) in [6.07, 6.45) is 5.59. The molecule has 1 aromatic heterocycles. The van der Waals surface area contributed by atoms with Gasteiger partial charge in [-0.05, 0) is 56.2 Å². The van der Waals surface area contributed by atoms with Crippen LogP contribution in [0.2, 0.25) is 0 Å². The Morgan fingerprint density at radius 2 is 1.76 bits per heavy atom. The Hall–Kier alpha value is -2.39. The summed E-state index contributed by atoms with van der Waals surface area (Å²) in [5, 5.41) is 7.01. The fraction of sp³-hybridized carbons (Fsp3) is 0.367. The van der Waals surface area contributed by atoms with Gasteiger partial charge in [0.05, 0.1) is 10.6 Å². The van der Waals surface area contributed by atoms with E-state index in [-0.39, 0.29) is 0 Å². The first-order chi connectivity index (χ1) is 18.6. The Bertz CT molecular complexity index is 1460. The molecule has 1 saturated carbocycles. The third kappa shape index (κ3) is 5.37. The van der Waals surface area contributed by atoms with E-state index in [0.717, 1.165) is 70.9 Å². The number of benzene rings is 3. The molecular formula is C30H34N4OS3. The lowest BCUT2D eigenvalue weighted by atomic mass is 9.86. The van der Waals surface area contributed by atoms with Gasteiger partial charge in [-0.25, -0.2) is 13.9 Å². The van der Waals surface area contributed by atoms with Gasteiger partial charge in [-0.15, -0.1) is 23.1 Å². The van der Waals surface area contributed by atoms with E-state index >= 15 is 0 Å². The molecule has 198 valence electrons. The van der Waals surface area contributed by atoms with E-state index in [9.17, 15) is 4.21 Å². The molecule has 1 aliphatic heterocycles. The van der Waals surface area contributed by atoms with Gasteiger partial charge in [-0.2, -0.15) is 0 Å². The second-order valence-electron chi connectivity index (χ2n) is 10.4. The molecule has 3 aromatic carbocycles. The fourth-order valence-corrected chi connectivity index (χ4v) is 8.93. The highest BCUT2D eigenvalue weighted by atomic mass is 32.2. The van der Waals surface area contributed by atoms with Crippen LogP contribution in [-0.2, 0) is 17.4 Å². The highest BCUT2D eigenvalue weighted by Crippen LogP contribution is 2.41. The minimum absolute atomic E-state index is 0.457. The maximum atomic E-state index is 13.3. The molecule has 2 N–H and O–H groups in total. The summed E-state index contributed by atoms with van der Waals surface area (Å²) in [5.41, 5.74) is 3.60. The van der Waals surface area contributed by atoms with Crippen LogP contribution in [0, 0.1) is 5.92 Å². The molecule has 1 aliphatic carbocycles. The van der Waals surface area contributed by atoms with Gasteiger partial charge in [0.1, 0.15) is 11.0 Å². The van der Waals surface area contributed by atoms with Crippen molar-refractivity contribution >= 4 is 55.7 Å². The average Bonchev–Trinajstić information content (AvgIpc) is 3.25. The Morgan fingerprint density at radius 3 is 2.61 bits per heavy atom. The van der Waals surface area contributed by atoms with Gasteiger partial charge in [-0.1, -0.05) is 42.5 Å². The highest BCUT2D eigenvalue weighted by molar-refractivity contribution is 7.99. The van der Waals surface area contributed by atoms with Gasteiger partial charge >= 0.3 is 0 Å². The largest absolute Gasteiger partial charge is 0.377 e. The van der Waals surface area contributed by atoms with E-state index in [1.54, 1.807) is 0 Å². The van der Waals surface area contributed by atoms with Gasteiger partial charge in [0.15, 0.2) is 5.13 Å². The van der Waals surface area contributed by atoms with E-state index in [4.69, 9.17) is 4.98 Å². The van der Waals surface area contributed by atoms with E-state index in [0.29, 0.717) is 12.0 Å². The van der Waals surface area contributed by atoms with Crippen LogP contribution in [0.4, 0.5) is 10.8 Å². The number of hydrogen-bond donors (Lipinski definition) is 2. The van der Waals surface area contributed by atoms with Crippen molar-refractivity contribution in [1.29, 1.82) is 0 Å². The maximum Gasteiger partial charge on any atom is 0.183 e. The van der Waals surface area contributed by atoms with Gasteiger partial charge < -0.3 is 10.2 Å². The standard InChI is InChI=1S/C30H34N4OS3/c1-34(2)25-10-5-9-23-22(25)8-6-12-28(23)38(35)31-19-20-13-15-21(16-14-20)32-30-33-29-24-7-3-4-11-26(24)36-18-17-27(29)37-30/h3-12,20-21,31H,13-19H2,1-2H3,(H,32,33). The van der Waals surface area contributed by atoms with Crippen molar-refractivity contribution in [2.45, 2.75) is 47.9 Å². The van der Waals surface area contributed by atoms with Crippen LogP contribution in [0.5, 0.6) is 0 Å². The average molecular weight is 563 g/mol. The first kappa shape index (κ1) is 25.9. The summed E-state index contributed by atoms with van der Waals surface area (Å²) in [6.45, 7) is 0.781. The predicted molar refractivity (Wildman–Crippen MR) is 164 cm³/mol. The molecule has 1 atom stereocenters. The molecule has 38 heavy (non-hydrogen) atoms. The third-order valence-electron chi connectivity index (χ3n) is 7.64. The Kier molecular flexibility index (Phi) is 7.75. The van der Waals surface area contributed by atoms with E-state index in [1.165, 1.54) is 21.0 Å². The topological polar surface area (TPSA) is 57.3 Å². The number of anilines is 2. The minimum atomic E-state index is -1.23. The van der Waals surface area contributed by atoms with Crippen molar-refractivity contribution < 1.29 is 4.21 Å². The van der Waals surface area contributed by atoms with E-state index in [1.807, 2.05) is 55.4 Å². The molecule has 0 saturated heterocycles. The summed E-state index contributed by atoms with van der Waals surface area (Å²) in [4.78, 5) is 10.8. The first-order valence-electron chi connectivity index (χ1n) is 13.4. The summed E-state index contributed by atoms with van der Waals surface area (Å²) < 4.78 is 16.6. The van der Waals surface area contributed by atoms with Crippen molar-refractivity contribution in [1.82, 2.24) is 9.71 Å². The molecule has 1 unspecified atom stereocenters. The van der Waals surface area contributed by atoms with Gasteiger partial charge in [0.2, 0.25) is 0 Å². The van der Waals surface area contributed by atoms with Crippen molar-refractivity contribution in [3.8, 4) is 11.3 Å². The van der Waals surface area contributed by atoms with Crippen LogP contribution in [0.1, 0.15) is 30.6 Å². The Balaban J connectivity index is 1.05. The lowest BCUT2D eigenvalue weighted by Crippen LogP contribution is -2.32. The van der Waals surface area contributed by atoms with E-state index in [2.05, 4.69) is 57.4 Å². The molecular weight excluding hydrogens is 529 g/mol. The molecule has 8 heteroatoms. The van der Waals surface area contributed by atoms with E-state index < -0.39 is 11.0 Å². The number of hydrogen-bond acceptors (Lipinski definition) is 6. The van der Waals surface area contributed by atoms with Gasteiger partial charge in [0, 0.05) is 64.2 Å². The normalized spacial score (nSPS) is 19.8. The summed E-state index contributed by atoms with van der Waals surface area (Å²) in [6, 6.07) is 21.4. The van der Waals surface area contributed by atoms with Crippen LogP contribution in [0.25, 0.3) is 22.0 Å². The lowest BCUT2D eigenvalue weighted by molar-refractivity contribution is 0.338. The number of thioether (sulfide) groups is 1. The van der Waals surface area contributed by atoms with Crippen LogP contribution in [-0.4, -0.2) is 41.6 Å². The lowest BCUT2D eigenvalue weighted by Gasteiger charge is -2.29. The minimum Gasteiger partial charge on any atom is -0.377 e. The first-order valence-corrected chi connectivity index (χ1v) is 16.3. The second-order valence-corrected chi connectivity index (χ2v) is 13.9. The molecule has 0 amide bonds. The number of aryl methyl sites for hydroxylation is 1. The van der Waals surface area contributed by atoms with Crippen LogP contribution >= 0.6 is 23.1 Å². The maximum absolute atomic E-state index is 13.3. The fourth-order valence-electron chi connectivity index (χ4n) is 5.61. The zero-order valence-electron chi connectivity index (χ0n) is 21.9. The molecule has 2 heterocycles. The number of nitrogens with one attached hydrogen (secondary N) is 2. The Morgan fingerprint density at radius 1 is 0.974 bits per heavy atom. The Labute approximate surface area is 236 Å². The SMILES string of the molecule is CN(C)c1cccc2c(S(=O)NCC3CCC(Nc4nc5c(s4)CCSc4ccccc4-5)CC3)cccc12. The molecule has 2 aliphatic rings. The monoisotopic (exact) mass is 562 g/mol. The van der Waals surface area contributed by atoms with Crippen LogP contribution in [0.15, 0.2) is 70.5 Å². The zero-order valence-corrected chi connectivity index (χ0v) is 24.4. The van der Waals surface area contributed by atoms with Crippen LogP contribution < -0.4 is 14.9 Å². The molecule has 0 bridgehead atoms. The molecule has 6 rings (SSSR count). The van der Waals surface area contributed by atoms with Crippen LogP contribution in [0.3, 0.4) is 0 Å². The van der Waals surface area contributed by atoms with Crippen molar-refractivity contribution in [3.63, 3.8) is 0 Å². The quantitative estimate of drug-likeness (QED) is 0.255. The van der Waals surface area contributed by atoms with Gasteiger partial charge in [-0.3, -0.25) is 0 Å². The molecule has 5 nitrogen and oxygen atoms in total. The predicted octanol–water partition coefficient (Wildman–Crippen LogP) is 6.96. The molecule has 0 spiro atoms. The highest BCUT2D eigenvalue weighted by Gasteiger charge is 2.25. The summed E-state index contributed by atoms with van der Waals surface area (Å²) >= 11 is 3.77. The van der Waals surface area contributed by atoms with Crippen molar-refractivity contribution in [2.24, 2.45) is 5.92 Å². The second kappa shape index (κ2) is 11.4. The number of rotatable bonds is 7. The molecule has 0 radical (unpaired) electrons. The number of thiazole rings is 1. The molecule has 4 aromatic rings. The summed E-state index contributed by atoms with van der Waals surface area (Å²) in [5.74, 6) is 1.65. The van der Waals surface area contributed by atoms with Crippen molar-refractivity contribution in [3.05, 3.63) is 65.5 Å². The van der Waals surface area contributed by atoms with Gasteiger partial charge in [0.25, 0.3) is 0 Å². The number of aromatic nitrogens is 1. The third-order valence-corrected chi connectivity index (χ3v) is 11.0.